The smallest absolute Gasteiger partial charge is 0.346 e. The molecule has 1 atom stereocenters. The summed E-state index contributed by atoms with van der Waals surface area (Å²) in [4.78, 5) is 10.5. The fourth-order valence-electron chi connectivity index (χ4n) is 0.346. The predicted octanol–water partition coefficient (Wildman–Crippen LogP) is 0.270. The van der Waals surface area contributed by atoms with Gasteiger partial charge in [-0.15, -0.1) is 0 Å². The molecule has 0 fully saturated rings. The lowest BCUT2D eigenvalue weighted by Gasteiger charge is -2.14. The molecule has 0 saturated carbocycles. The van der Waals surface area contributed by atoms with Gasteiger partial charge in [-0.2, -0.15) is 0 Å². The number of esters is 1. The number of aliphatic hydroxyl groups excluding tert-OH is 1. The Morgan fingerprint density at radius 1 is 1.80 bits per heavy atom. The van der Waals surface area contributed by atoms with Gasteiger partial charge in [-0.1, -0.05) is 0 Å². The molecule has 0 spiro atoms. The van der Waals surface area contributed by atoms with Gasteiger partial charge in [0, 0.05) is 0 Å². The third kappa shape index (κ3) is 2.31. The molecule has 0 aromatic carbocycles. The number of rotatable bonds is 3. The summed E-state index contributed by atoms with van der Waals surface area (Å²) in [5, 5.41) is 8.32. The highest BCUT2D eigenvalue weighted by Gasteiger charge is 2.33. The Morgan fingerprint density at radius 2 is 2.30 bits per heavy atom. The van der Waals surface area contributed by atoms with Crippen molar-refractivity contribution in [3.8, 4) is 0 Å². The molecule has 0 radical (unpaired) electrons. The van der Waals surface area contributed by atoms with Gasteiger partial charge in [-0.05, 0) is 13.8 Å². The van der Waals surface area contributed by atoms with E-state index in [1.807, 2.05) is 0 Å². The number of alkyl halides is 1. The molecule has 0 unspecified atom stereocenters. The summed E-state index contributed by atoms with van der Waals surface area (Å²) >= 11 is 0. The van der Waals surface area contributed by atoms with Crippen LogP contribution in [0.2, 0.25) is 0 Å². The van der Waals surface area contributed by atoms with Crippen LogP contribution in [0.25, 0.3) is 0 Å². The summed E-state index contributed by atoms with van der Waals surface area (Å²) < 4.78 is 17.0. The second-order valence-corrected chi connectivity index (χ2v) is 2.08. The fourth-order valence-corrected chi connectivity index (χ4v) is 0.346. The van der Waals surface area contributed by atoms with Gasteiger partial charge >= 0.3 is 5.97 Å². The van der Waals surface area contributed by atoms with Crippen LogP contribution in [0.3, 0.4) is 0 Å². The number of ether oxygens (including phenoxy) is 1. The molecule has 0 aliphatic carbocycles. The molecule has 60 valence electrons. The monoisotopic (exact) mass is 150 g/mol. The number of carbonyl (C=O) groups excluding carboxylic acids is 1. The molecule has 0 aromatic heterocycles. The van der Waals surface area contributed by atoms with Gasteiger partial charge in [0.2, 0.25) is 5.67 Å². The average molecular weight is 150 g/mol. The topological polar surface area (TPSA) is 46.5 Å². The van der Waals surface area contributed by atoms with Crippen LogP contribution in [0, 0.1) is 0 Å². The molecule has 0 aliphatic rings. The molecule has 0 heterocycles. The van der Waals surface area contributed by atoms with Crippen molar-refractivity contribution in [2.24, 2.45) is 0 Å². The van der Waals surface area contributed by atoms with E-state index in [4.69, 9.17) is 5.11 Å². The second kappa shape index (κ2) is 3.51. The molecule has 0 saturated heterocycles. The maximum Gasteiger partial charge on any atom is 0.346 e. The van der Waals surface area contributed by atoms with Crippen LogP contribution in [0.15, 0.2) is 0 Å². The fraction of sp³-hybridized carbons (Fsp3) is 0.833. The molecule has 1 N–H and O–H groups in total. The van der Waals surface area contributed by atoms with Gasteiger partial charge in [0.15, 0.2) is 0 Å². The van der Waals surface area contributed by atoms with Crippen molar-refractivity contribution in [2.75, 3.05) is 13.2 Å². The quantitative estimate of drug-likeness (QED) is 0.587. The van der Waals surface area contributed by atoms with E-state index in [1.165, 1.54) is 0 Å². The van der Waals surface area contributed by atoms with E-state index < -0.39 is 18.2 Å². The van der Waals surface area contributed by atoms with Crippen LogP contribution in [-0.4, -0.2) is 30.0 Å². The highest BCUT2D eigenvalue weighted by Crippen LogP contribution is 2.10. The van der Waals surface area contributed by atoms with Crippen LogP contribution in [0.5, 0.6) is 0 Å². The van der Waals surface area contributed by atoms with Crippen LogP contribution < -0.4 is 0 Å². The van der Waals surface area contributed by atoms with Crippen molar-refractivity contribution in [3.05, 3.63) is 0 Å². The summed E-state index contributed by atoms with van der Waals surface area (Å²) in [6, 6.07) is 0. The van der Waals surface area contributed by atoms with Gasteiger partial charge in [-0.25, -0.2) is 9.18 Å². The summed E-state index contributed by atoms with van der Waals surface area (Å²) in [5.41, 5.74) is -2.25. The van der Waals surface area contributed by atoms with Crippen molar-refractivity contribution in [1.82, 2.24) is 0 Å². The molecule has 0 aliphatic heterocycles. The van der Waals surface area contributed by atoms with Gasteiger partial charge in [-0.3, -0.25) is 0 Å². The number of hydrogen-bond donors (Lipinski definition) is 1. The lowest BCUT2D eigenvalue weighted by Crippen LogP contribution is -2.35. The van der Waals surface area contributed by atoms with E-state index in [2.05, 4.69) is 4.74 Å². The number of carbonyl (C=O) groups is 1. The van der Waals surface area contributed by atoms with Crippen LogP contribution in [-0.2, 0) is 9.53 Å². The van der Waals surface area contributed by atoms with Crippen molar-refractivity contribution in [2.45, 2.75) is 19.5 Å². The normalized spacial score (nSPS) is 16.0. The third-order valence-corrected chi connectivity index (χ3v) is 0.998. The van der Waals surface area contributed by atoms with E-state index in [0.29, 0.717) is 0 Å². The minimum atomic E-state index is -2.25. The highest BCUT2D eigenvalue weighted by atomic mass is 19.1. The zero-order valence-corrected chi connectivity index (χ0v) is 6.06. The lowest BCUT2D eigenvalue weighted by molar-refractivity contribution is -0.158. The van der Waals surface area contributed by atoms with E-state index in [0.717, 1.165) is 6.92 Å². The van der Waals surface area contributed by atoms with Crippen LogP contribution >= 0.6 is 0 Å². The first-order chi connectivity index (χ1) is 4.54. The summed E-state index contributed by atoms with van der Waals surface area (Å²) in [7, 11) is 0. The summed E-state index contributed by atoms with van der Waals surface area (Å²) in [6.07, 6.45) is 0. The first-order valence-electron chi connectivity index (χ1n) is 3.01. The van der Waals surface area contributed by atoms with Crippen molar-refractivity contribution in [1.29, 1.82) is 0 Å². The number of aliphatic hydroxyl groups is 1. The first-order valence-corrected chi connectivity index (χ1v) is 3.01. The Balaban J connectivity index is 3.91. The minimum Gasteiger partial charge on any atom is -0.464 e. The van der Waals surface area contributed by atoms with Crippen molar-refractivity contribution in [3.63, 3.8) is 0 Å². The maximum atomic E-state index is 12.7. The van der Waals surface area contributed by atoms with Gasteiger partial charge in [0.05, 0.1) is 13.2 Å². The first kappa shape index (κ1) is 9.36. The molecule has 0 aromatic rings. The SMILES string of the molecule is CCOC(=O)[C@@](C)(F)CO. The second-order valence-electron chi connectivity index (χ2n) is 2.08. The Morgan fingerprint density at radius 3 is 2.60 bits per heavy atom. The minimum absolute atomic E-state index is 0.123. The number of halogens is 1. The van der Waals surface area contributed by atoms with Gasteiger partial charge < -0.3 is 9.84 Å². The number of hydrogen-bond acceptors (Lipinski definition) is 3. The summed E-state index contributed by atoms with van der Waals surface area (Å²) in [5.74, 6) is -1.02. The van der Waals surface area contributed by atoms with E-state index in [-0.39, 0.29) is 6.61 Å². The van der Waals surface area contributed by atoms with Crippen LogP contribution in [0.4, 0.5) is 4.39 Å². The van der Waals surface area contributed by atoms with E-state index in [9.17, 15) is 9.18 Å². The van der Waals surface area contributed by atoms with Gasteiger partial charge in [0.25, 0.3) is 0 Å². The predicted molar refractivity (Wildman–Crippen MR) is 33.2 cm³/mol. The van der Waals surface area contributed by atoms with Crippen LogP contribution in [0.1, 0.15) is 13.8 Å². The van der Waals surface area contributed by atoms with Gasteiger partial charge in [0.1, 0.15) is 0 Å². The Labute approximate surface area is 58.8 Å². The molecule has 0 bridgehead atoms. The standard InChI is InChI=1S/C6H11FO3/c1-3-10-5(9)6(2,7)4-8/h8H,3-4H2,1-2H3/t6-/m0/s1. The molecule has 0 amide bonds. The largest absolute Gasteiger partial charge is 0.464 e. The van der Waals surface area contributed by atoms with Crippen molar-refractivity contribution >= 4 is 5.97 Å². The van der Waals surface area contributed by atoms with Crippen molar-refractivity contribution < 1.29 is 19.0 Å². The molecule has 3 nitrogen and oxygen atoms in total. The maximum absolute atomic E-state index is 12.7. The molecular formula is C6H11FO3. The Hall–Kier alpha value is -0.640. The average Bonchev–Trinajstić information content (AvgIpc) is 1.89. The molecule has 0 rings (SSSR count). The Kier molecular flexibility index (Phi) is 3.28. The summed E-state index contributed by atoms with van der Waals surface area (Å²) in [6.45, 7) is 1.83. The Bertz CT molecular complexity index is 122. The zero-order chi connectivity index (χ0) is 8.20. The lowest BCUT2D eigenvalue weighted by atomic mass is 10.1. The molecule has 4 heteroatoms. The third-order valence-electron chi connectivity index (χ3n) is 0.998. The molecular weight excluding hydrogens is 139 g/mol. The molecule has 10 heavy (non-hydrogen) atoms. The zero-order valence-electron chi connectivity index (χ0n) is 6.06. The highest BCUT2D eigenvalue weighted by molar-refractivity contribution is 5.78. The van der Waals surface area contributed by atoms with E-state index >= 15 is 0 Å². The van der Waals surface area contributed by atoms with E-state index in [1.54, 1.807) is 6.92 Å².